The van der Waals surface area contributed by atoms with Gasteiger partial charge in [-0.2, -0.15) is 0 Å². The summed E-state index contributed by atoms with van der Waals surface area (Å²) in [6, 6.07) is 13.9. The van der Waals surface area contributed by atoms with Crippen LogP contribution in [0.1, 0.15) is 0 Å². The number of phenols is 2. The van der Waals surface area contributed by atoms with E-state index in [4.69, 9.17) is 48.4 Å². The predicted molar refractivity (Wildman–Crippen MR) is 99.5 cm³/mol. The summed E-state index contributed by atoms with van der Waals surface area (Å²) in [7, 11) is 0. The molecule has 2 atom stereocenters. The van der Waals surface area contributed by atoms with Crippen molar-refractivity contribution in [2.75, 3.05) is 25.0 Å². The van der Waals surface area contributed by atoms with Gasteiger partial charge in [0.15, 0.2) is 0 Å². The van der Waals surface area contributed by atoms with E-state index in [1.165, 1.54) is 0 Å². The molecular weight excluding hydrogens is 367 g/mol. The van der Waals surface area contributed by atoms with Crippen LogP contribution in [0.5, 0.6) is 11.5 Å². The second kappa shape index (κ2) is 12.0. The smallest absolute Gasteiger partial charge is 0.115 e. The molecule has 0 radical (unpaired) electrons. The quantitative estimate of drug-likeness (QED) is 0.547. The number of aliphatic hydroxyl groups excluding tert-OH is 2. The molecule has 5 nitrogen and oxygen atoms in total. The number of phenolic OH excluding ortho intramolecular Hbond substituents is 2. The molecule has 2 aromatic carbocycles. The van der Waals surface area contributed by atoms with Crippen molar-refractivity contribution in [2.45, 2.75) is 12.2 Å². The number of hydrogen-bond acceptors (Lipinski definition) is 5. The summed E-state index contributed by atoms with van der Waals surface area (Å²) in [6.07, 6.45) is -1.33. The molecular formula is C18H22Cl2O5. The number of aromatic hydroxyl groups is 2. The molecule has 4 N–H and O–H groups in total. The van der Waals surface area contributed by atoms with Crippen molar-refractivity contribution in [2.24, 2.45) is 0 Å². The summed E-state index contributed by atoms with van der Waals surface area (Å²) in [5.74, 6) is 0.786. The largest absolute Gasteiger partial charge is 0.508 e. The lowest BCUT2D eigenvalue weighted by Gasteiger charge is -2.10. The number of hydrogen-bond donors (Lipinski definition) is 4. The Balaban J connectivity index is 0.000000260. The van der Waals surface area contributed by atoms with Crippen LogP contribution in [0.4, 0.5) is 0 Å². The maximum Gasteiger partial charge on any atom is 0.115 e. The van der Waals surface area contributed by atoms with Gasteiger partial charge in [-0.3, -0.25) is 0 Å². The fourth-order valence-corrected chi connectivity index (χ4v) is 1.92. The topological polar surface area (TPSA) is 90.2 Å². The van der Waals surface area contributed by atoms with Gasteiger partial charge in [-0.25, -0.2) is 0 Å². The molecule has 0 aromatic heterocycles. The summed E-state index contributed by atoms with van der Waals surface area (Å²) in [5, 5.41) is 36.0. The lowest BCUT2D eigenvalue weighted by molar-refractivity contribution is 0.00593. The fraction of sp³-hybridized carbons (Fsp3) is 0.333. The molecule has 0 spiro atoms. The Morgan fingerprint density at radius 3 is 1.28 bits per heavy atom. The van der Waals surface area contributed by atoms with Gasteiger partial charge in [0.25, 0.3) is 0 Å². The van der Waals surface area contributed by atoms with E-state index < -0.39 is 12.2 Å². The molecule has 7 heteroatoms. The van der Waals surface area contributed by atoms with Crippen molar-refractivity contribution < 1.29 is 25.2 Å². The number of benzene rings is 2. The molecule has 0 heterocycles. The van der Waals surface area contributed by atoms with Gasteiger partial charge in [-0.05, 0) is 35.4 Å². The van der Waals surface area contributed by atoms with E-state index in [2.05, 4.69) is 0 Å². The number of rotatable bonds is 7. The Morgan fingerprint density at radius 2 is 1.00 bits per heavy atom. The molecule has 2 unspecified atom stereocenters. The van der Waals surface area contributed by atoms with Crippen molar-refractivity contribution in [1.29, 1.82) is 0 Å². The normalized spacial score (nSPS) is 12.8. The molecule has 0 aliphatic carbocycles. The third-order valence-electron chi connectivity index (χ3n) is 3.04. The number of ether oxygens (including phenoxy) is 1. The van der Waals surface area contributed by atoms with Gasteiger partial charge in [0, 0.05) is 0 Å². The third-order valence-corrected chi connectivity index (χ3v) is 3.76. The second-order valence-electron chi connectivity index (χ2n) is 5.25. The minimum atomic E-state index is -0.667. The Bertz CT molecular complexity index is 536. The van der Waals surface area contributed by atoms with Gasteiger partial charge in [0.2, 0.25) is 0 Å². The average Bonchev–Trinajstić information content (AvgIpc) is 2.63. The number of halogens is 2. The molecule has 0 saturated heterocycles. The van der Waals surface area contributed by atoms with E-state index in [1.54, 1.807) is 24.3 Å². The Hall–Kier alpha value is -1.50. The summed E-state index contributed by atoms with van der Waals surface area (Å²) < 4.78 is 4.87. The molecule has 0 fully saturated rings. The second-order valence-corrected chi connectivity index (χ2v) is 5.86. The molecule has 0 bridgehead atoms. The van der Waals surface area contributed by atoms with Gasteiger partial charge in [0.05, 0.1) is 37.2 Å². The maximum absolute atomic E-state index is 9.11. The highest BCUT2D eigenvalue weighted by atomic mass is 35.5. The highest BCUT2D eigenvalue weighted by Crippen LogP contribution is 2.23. The molecule has 0 amide bonds. The molecule has 138 valence electrons. The van der Waals surface area contributed by atoms with Crippen LogP contribution in [0.15, 0.2) is 48.5 Å². The van der Waals surface area contributed by atoms with Gasteiger partial charge in [0.1, 0.15) is 11.5 Å². The van der Waals surface area contributed by atoms with Crippen LogP contribution in [-0.4, -0.2) is 57.6 Å². The van der Waals surface area contributed by atoms with Gasteiger partial charge >= 0.3 is 0 Å². The monoisotopic (exact) mass is 388 g/mol. The first-order valence-electron chi connectivity index (χ1n) is 7.60. The molecule has 2 aromatic rings. The van der Waals surface area contributed by atoms with Crippen LogP contribution < -0.4 is 0 Å². The Labute approximate surface area is 157 Å². The van der Waals surface area contributed by atoms with Crippen molar-refractivity contribution >= 4 is 23.2 Å². The maximum atomic E-state index is 9.11. The minimum absolute atomic E-state index is 0.136. The van der Waals surface area contributed by atoms with Gasteiger partial charge < -0.3 is 25.2 Å². The van der Waals surface area contributed by atoms with Gasteiger partial charge in [-0.1, -0.05) is 24.3 Å². The first-order valence-corrected chi connectivity index (χ1v) is 8.67. The van der Waals surface area contributed by atoms with E-state index in [-0.39, 0.29) is 36.5 Å². The van der Waals surface area contributed by atoms with Gasteiger partial charge in [-0.15, -0.1) is 23.2 Å². The Kier molecular flexibility index (Phi) is 10.3. The molecule has 2 rings (SSSR count). The molecule has 0 aliphatic heterocycles. The Morgan fingerprint density at radius 1 is 0.680 bits per heavy atom. The van der Waals surface area contributed by atoms with Crippen LogP contribution in [0, 0.1) is 0 Å². The predicted octanol–water partition coefficient (Wildman–Crippen LogP) is 2.97. The summed E-state index contributed by atoms with van der Waals surface area (Å²) >= 11 is 10.6. The van der Waals surface area contributed by atoms with E-state index in [9.17, 15) is 0 Å². The van der Waals surface area contributed by atoms with Crippen molar-refractivity contribution in [3.8, 4) is 22.6 Å². The van der Waals surface area contributed by atoms with E-state index in [0.717, 1.165) is 11.1 Å². The zero-order chi connectivity index (χ0) is 18.7. The fourth-order valence-electron chi connectivity index (χ4n) is 1.74. The third kappa shape index (κ3) is 8.95. The van der Waals surface area contributed by atoms with Crippen LogP contribution >= 0.6 is 23.2 Å². The zero-order valence-electron chi connectivity index (χ0n) is 13.6. The summed E-state index contributed by atoms with van der Waals surface area (Å²) in [5.41, 5.74) is 2.03. The SMILES string of the molecule is OC(CCl)COCC(O)CCl.Oc1ccc(-c2ccc(O)cc2)cc1. The molecule has 0 aliphatic rings. The summed E-state index contributed by atoms with van der Waals surface area (Å²) in [4.78, 5) is 0. The average molecular weight is 389 g/mol. The van der Waals surface area contributed by atoms with Crippen molar-refractivity contribution in [3.63, 3.8) is 0 Å². The van der Waals surface area contributed by atoms with Crippen LogP contribution in [0.25, 0.3) is 11.1 Å². The van der Waals surface area contributed by atoms with Crippen LogP contribution in [-0.2, 0) is 4.74 Å². The highest BCUT2D eigenvalue weighted by Gasteiger charge is 2.05. The highest BCUT2D eigenvalue weighted by molar-refractivity contribution is 6.18. The first kappa shape index (κ1) is 21.5. The summed E-state index contributed by atoms with van der Waals surface area (Å²) in [6.45, 7) is 0.273. The lowest BCUT2D eigenvalue weighted by atomic mass is 10.1. The van der Waals surface area contributed by atoms with Crippen molar-refractivity contribution in [3.05, 3.63) is 48.5 Å². The van der Waals surface area contributed by atoms with Crippen molar-refractivity contribution in [1.82, 2.24) is 0 Å². The molecule has 0 saturated carbocycles. The number of alkyl halides is 2. The van der Waals surface area contributed by atoms with Crippen LogP contribution in [0.2, 0.25) is 0 Å². The standard InChI is InChI=1S/C12H10O2.C6H12Cl2O3/c13-11-5-1-9(2-6-11)10-3-7-12(14)8-4-10;7-1-5(9)3-11-4-6(10)2-8/h1-8,13-14H;5-6,9-10H,1-4H2. The molecule has 25 heavy (non-hydrogen) atoms. The van der Waals surface area contributed by atoms with E-state index in [0.29, 0.717) is 0 Å². The minimum Gasteiger partial charge on any atom is -0.508 e. The zero-order valence-corrected chi connectivity index (χ0v) is 15.1. The van der Waals surface area contributed by atoms with Crippen LogP contribution in [0.3, 0.4) is 0 Å². The lowest BCUT2D eigenvalue weighted by Crippen LogP contribution is -2.23. The van der Waals surface area contributed by atoms with E-state index in [1.807, 2.05) is 24.3 Å². The number of aliphatic hydroxyl groups is 2. The van der Waals surface area contributed by atoms with E-state index >= 15 is 0 Å². The first-order chi connectivity index (χ1) is 12.0.